The fourth-order valence-electron chi connectivity index (χ4n) is 2.16. The topological polar surface area (TPSA) is 49.6 Å². The Morgan fingerprint density at radius 2 is 1.96 bits per heavy atom. The minimum absolute atomic E-state index is 0.208. The molecule has 0 aliphatic heterocycles. The van der Waals surface area contributed by atoms with Gasteiger partial charge in [-0.05, 0) is 43.2 Å². The molecule has 0 fully saturated rings. The molecule has 128 valence electrons. The molecule has 0 bridgehead atoms. The fraction of sp³-hybridized carbons (Fsp3) is 0.316. The molecule has 5 heteroatoms. The van der Waals surface area contributed by atoms with E-state index < -0.39 is 0 Å². The highest BCUT2D eigenvalue weighted by Gasteiger charge is 2.01. The minimum Gasteiger partial charge on any atom is -0.469 e. The van der Waals surface area contributed by atoms with Crippen LogP contribution in [0, 0.1) is 5.82 Å². The van der Waals surface area contributed by atoms with Crippen LogP contribution in [0.4, 0.5) is 4.39 Å². The molecule has 0 aliphatic rings. The summed E-state index contributed by atoms with van der Waals surface area (Å²) in [5, 5.41) is 6.54. The quantitative estimate of drug-likeness (QED) is 0.444. The first-order chi connectivity index (χ1) is 11.6. The highest BCUT2D eigenvalue weighted by molar-refractivity contribution is 5.79. The predicted octanol–water partition coefficient (Wildman–Crippen LogP) is 3.32. The van der Waals surface area contributed by atoms with Gasteiger partial charge in [0.1, 0.15) is 11.6 Å². The van der Waals surface area contributed by atoms with E-state index in [1.54, 1.807) is 18.4 Å². The Labute approximate surface area is 142 Å². The van der Waals surface area contributed by atoms with E-state index in [1.807, 2.05) is 25.1 Å². The first-order valence-electron chi connectivity index (χ1n) is 8.07. The van der Waals surface area contributed by atoms with E-state index in [0.717, 1.165) is 42.2 Å². The summed E-state index contributed by atoms with van der Waals surface area (Å²) < 4.78 is 18.5. The third kappa shape index (κ3) is 6.69. The fourth-order valence-corrected chi connectivity index (χ4v) is 2.16. The molecule has 2 rings (SSSR count). The molecule has 1 aromatic carbocycles. The first-order valence-corrected chi connectivity index (χ1v) is 8.07. The number of furan rings is 1. The molecular weight excluding hydrogens is 305 g/mol. The maximum Gasteiger partial charge on any atom is 0.191 e. The van der Waals surface area contributed by atoms with Gasteiger partial charge >= 0.3 is 0 Å². The van der Waals surface area contributed by atoms with Crippen LogP contribution in [0.2, 0.25) is 0 Å². The van der Waals surface area contributed by atoms with Crippen molar-refractivity contribution in [3.63, 3.8) is 0 Å². The Morgan fingerprint density at radius 1 is 1.17 bits per heavy atom. The van der Waals surface area contributed by atoms with Crippen LogP contribution in [0.15, 0.2) is 64.2 Å². The summed E-state index contributed by atoms with van der Waals surface area (Å²) in [6.07, 6.45) is 3.18. The van der Waals surface area contributed by atoms with E-state index in [4.69, 9.17) is 4.42 Å². The summed E-state index contributed by atoms with van der Waals surface area (Å²) in [5.41, 5.74) is 1.95. The van der Waals surface area contributed by atoms with Gasteiger partial charge in [-0.25, -0.2) is 9.38 Å². The second-order valence-corrected chi connectivity index (χ2v) is 5.68. The Kier molecular flexibility index (Phi) is 7.08. The predicted molar refractivity (Wildman–Crippen MR) is 95.6 cm³/mol. The number of rotatable bonds is 8. The average molecular weight is 329 g/mol. The molecule has 0 radical (unpaired) electrons. The molecule has 0 aliphatic carbocycles. The van der Waals surface area contributed by atoms with Gasteiger partial charge in [0.25, 0.3) is 0 Å². The third-order valence-electron chi connectivity index (χ3n) is 3.35. The molecule has 0 saturated carbocycles. The van der Waals surface area contributed by atoms with Crippen molar-refractivity contribution in [1.29, 1.82) is 0 Å². The number of nitrogens with zero attached hydrogens (tertiary/aromatic N) is 1. The van der Waals surface area contributed by atoms with Crippen molar-refractivity contribution in [3.8, 4) is 0 Å². The Morgan fingerprint density at radius 3 is 2.62 bits per heavy atom. The van der Waals surface area contributed by atoms with Crippen molar-refractivity contribution in [3.05, 3.63) is 72.0 Å². The van der Waals surface area contributed by atoms with Gasteiger partial charge in [-0.3, -0.25) is 0 Å². The number of hydrogen-bond donors (Lipinski definition) is 2. The number of aliphatic imine (C=N–C) groups is 1. The summed E-state index contributed by atoms with van der Waals surface area (Å²) >= 11 is 0. The summed E-state index contributed by atoms with van der Waals surface area (Å²) in [6, 6.07) is 10.5. The van der Waals surface area contributed by atoms with E-state index in [1.165, 1.54) is 6.07 Å². The van der Waals surface area contributed by atoms with Crippen molar-refractivity contribution in [2.24, 2.45) is 4.99 Å². The smallest absolute Gasteiger partial charge is 0.191 e. The van der Waals surface area contributed by atoms with E-state index in [0.29, 0.717) is 13.1 Å². The summed E-state index contributed by atoms with van der Waals surface area (Å²) in [6.45, 7) is 7.76. The SMILES string of the molecule is C=C(C)CN=C(NCCc1cccc(F)c1)NCCc1ccco1. The van der Waals surface area contributed by atoms with Crippen LogP contribution in [0.3, 0.4) is 0 Å². The molecule has 0 saturated heterocycles. The van der Waals surface area contributed by atoms with Crippen LogP contribution in [0.1, 0.15) is 18.2 Å². The van der Waals surface area contributed by atoms with E-state index in [2.05, 4.69) is 22.2 Å². The molecule has 0 spiro atoms. The second kappa shape index (κ2) is 9.55. The van der Waals surface area contributed by atoms with Gasteiger partial charge in [0.2, 0.25) is 0 Å². The molecule has 0 unspecified atom stereocenters. The van der Waals surface area contributed by atoms with Crippen LogP contribution in [0.25, 0.3) is 0 Å². The van der Waals surface area contributed by atoms with Crippen molar-refractivity contribution < 1.29 is 8.81 Å². The van der Waals surface area contributed by atoms with Crippen molar-refractivity contribution >= 4 is 5.96 Å². The zero-order valence-corrected chi connectivity index (χ0v) is 14.0. The lowest BCUT2D eigenvalue weighted by Gasteiger charge is -2.12. The largest absolute Gasteiger partial charge is 0.469 e. The van der Waals surface area contributed by atoms with Gasteiger partial charge in [0.05, 0.1) is 12.8 Å². The molecule has 1 heterocycles. The average Bonchev–Trinajstić information content (AvgIpc) is 3.05. The lowest BCUT2D eigenvalue weighted by Crippen LogP contribution is -2.39. The van der Waals surface area contributed by atoms with Gasteiger partial charge in [0, 0.05) is 19.5 Å². The first kappa shape index (κ1) is 17.8. The minimum atomic E-state index is -0.208. The Balaban J connectivity index is 1.81. The molecule has 0 amide bonds. The lowest BCUT2D eigenvalue weighted by molar-refractivity contribution is 0.507. The number of halogens is 1. The van der Waals surface area contributed by atoms with Crippen LogP contribution >= 0.6 is 0 Å². The second-order valence-electron chi connectivity index (χ2n) is 5.68. The van der Waals surface area contributed by atoms with Crippen LogP contribution in [-0.4, -0.2) is 25.6 Å². The van der Waals surface area contributed by atoms with Crippen LogP contribution in [0.5, 0.6) is 0 Å². The van der Waals surface area contributed by atoms with E-state index >= 15 is 0 Å². The lowest BCUT2D eigenvalue weighted by atomic mass is 10.1. The van der Waals surface area contributed by atoms with Gasteiger partial charge in [0.15, 0.2) is 5.96 Å². The molecule has 24 heavy (non-hydrogen) atoms. The van der Waals surface area contributed by atoms with Crippen LogP contribution in [-0.2, 0) is 12.8 Å². The van der Waals surface area contributed by atoms with E-state index in [9.17, 15) is 4.39 Å². The van der Waals surface area contributed by atoms with Gasteiger partial charge < -0.3 is 15.1 Å². The summed E-state index contributed by atoms with van der Waals surface area (Å²) in [5.74, 6) is 1.45. The standard InChI is InChI=1S/C19H24FN3O/c1-15(2)14-23-19(22-11-9-18-7-4-12-24-18)21-10-8-16-5-3-6-17(20)13-16/h3-7,12-13H,1,8-11,14H2,2H3,(H2,21,22,23). The Bertz CT molecular complexity index is 665. The molecule has 2 aromatic rings. The Hall–Kier alpha value is -2.56. The van der Waals surface area contributed by atoms with Gasteiger partial charge in [-0.2, -0.15) is 0 Å². The monoisotopic (exact) mass is 329 g/mol. The molecule has 1 aromatic heterocycles. The number of hydrogen-bond acceptors (Lipinski definition) is 2. The number of nitrogens with one attached hydrogen (secondary N) is 2. The van der Waals surface area contributed by atoms with Crippen LogP contribution < -0.4 is 10.6 Å². The van der Waals surface area contributed by atoms with E-state index in [-0.39, 0.29) is 5.82 Å². The molecule has 0 atom stereocenters. The van der Waals surface area contributed by atoms with Crippen molar-refractivity contribution in [2.45, 2.75) is 19.8 Å². The maximum absolute atomic E-state index is 13.2. The zero-order chi connectivity index (χ0) is 17.2. The summed E-state index contributed by atoms with van der Waals surface area (Å²) in [7, 11) is 0. The van der Waals surface area contributed by atoms with Gasteiger partial charge in [-0.1, -0.05) is 24.3 Å². The highest BCUT2D eigenvalue weighted by Crippen LogP contribution is 2.03. The zero-order valence-electron chi connectivity index (χ0n) is 14.0. The third-order valence-corrected chi connectivity index (χ3v) is 3.35. The molecular formula is C19H24FN3O. The van der Waals surface area contributed by atoms with Crippen molar-refractivity contribution in [1.82, 2.24) is 10.6 Å². The number of guanidine groups is 1. The highest BCUT2D eigenvalue weighted by atomic mass is 19.1. The summed E-state index contributed by atoms with van der Waals surface area (Å²) in [4.78, 5) is 4.48. The molecule has 4 nitrogen and oxygen atoms in total. The van der Waals surface area contributed by atoms with Gasteiger partial charge in [-0.15, -0.1) is 0 Å². The maximum atomic E-state index is 13.2. The van der Waals surface area contributed by atoms with Crippen molar-refractivity contribution in [2.75, 3.05) is 19.6 Å². The molecule has 2 N–H and O–H groups in total. The number of benzene rings is 1. The normalized spacial score (nSPS) is 11.3.